The third-order valence-corrected chi connectivity index (χ3v) is 4.18. The first-order valence-corrected chi connectivity index (χ1v) is 9.45. The fraction of sp³-hybridized carbons (Fsp3) is 0.444. The first-order valence-electron chi connectivity index (χ1n) is 8.33. The first kappa shape index (κ1) is 21.7. The summed E-state index contributed by atoms with van der Waals surface area (Å²) in [5.41, 5.74) is 0.990. The Balaban J connectivity index is 0.00000312. The lowest BCUT2D eigenvalue weighted by atomic mass is 10.2. The van der Waals surface area contributed by atoms with Crippen LogP contribution in [0.25, 0.3) is 0 Å². The van der Waals surface area contributed by atoms with Crippen molar-refractivity contribution in [1.82, 2.24) is 9.88 Å². The number of nitrogens with zero attached hydrogens (tertiary/aromatic N) is 2. The predicted molar refractivity (Wildman–Crippen MR) is 96.9 cm³/mol. The van der Waals surface area contributed by atoms with Crippen molar-refractivity contribution in [2.75, 3.05) is 11.9 Å². The molecule has 0 aliphatic heterocycles. The van der Waals surface area contributed by atoms with E-state index in [-0.39, 0.29) is 23.1 Å². The molecular weight excluding hydrogens is 450 g/mol. The van der Waals surface area contributed by atoms with Gasteiger partial charge in [0.1, 0.15) is 19.0 Å². The number of carbonyl (C=O) groups excluding carboxylic acids is 1. The van der Waals surface area contributed by atoms with Crippen LogP contribution in [0.5, 0.6) is 0 Å². The molecule has 7 heteroatoms. The number of halogens is 2. The fourth-order valence-corrected chi connectivity index (χ4v) is 2.71. The number of hydrogen-bond acceptors (Lipinski definition) is 2. The summed E-state index contributed by atoms with van der Waals surface area (Å²) in [6, 6.07) is 9.68. The first-order chi connectivity index (χ1) is 11.8. The van der Waals surface area contributed by atoms with Gasteiger partial charge >= 0.3 is 6.09 Å². The van der Waals surface area contributed by atoms with E-state index in [4.69, 9.17) is 4.74 Å². The molecule has 0 aliphatic carbocycles. The maximum absolute atomic E-state index is 11.6. The summed E-state index contributed by atoms with van der Waals surface area (Å²) in [7, 11) is 0. The molecular formula is C18H25Br2N3O2. The SMILES string of the molecule is O=C(NCCC[n+]1ccn(CCCCBr)c1)OCc1ccccc1.[Br-]. The van der Waals surface area contributed by atoms with E-state index in [0.717, 1.165) is 30.4 Å². The third-order valence-electron chi connectivity index (χ3n) is 3.62. The quantitative estimate of drug-likeness (QED) is 0.305. The second-order valence-electron chi connectivity index (χ2n) is 5.63. The van der Waals surface area contributed by atoms with Gasteiger partial charge in [-0.1, -0.05) is 46.3 Å². The van der Waals surface area contributed by atoms with Crippen molar-refractivity contribution in [3.05, 3.63) is 54.6 Å². The molecule has 0 bridgehead atoms. The van der Waals surface area contributed by atoms with E-state index < -0.39 is 0 Å². The smallest absolute Gasteiger partial charge is 0.407 e. The molecule has 0 radical (unpaired) electrons. The summed E-state index contributed by atoms with van der Waals surface area (Å²) in [6.07, 6.45) is 9.15. The van der Waals surface area contributed by atoms with Crippen LogP contribution in [-0.4, -0.2) is 22.5 Å². The van der Waals surface area contributed by atoms with Crippen molar-refractivity contribution in [3.8, 4) is 0 Å². The second-order valence-corrected chi connectivity index (χ2v) is 6.42. The van der Waals surface area contributed by atoms with Gasteiger partial charge in [0.15, 0.2) is 0 Å². The Morgan fingerprint density at radius 3 is 2.76 bits per heavy atom. The Labute approximate surface area is 168 Å². The minimum absolute atomic E-state index is 0. The molecule has 138 valence electrons. The molecule has 1 aromatic carbocycles. The van der Waals surface area contributed by atoms with Crippen molar-refractivity contribution >= 4 is 22.0 Å². The fourth-order valence-electron chi connectivity index (χ4n) is 2.32. The summed E-state index contributed by atoms with van der Waals surface area (Å²) in [5.74, 6) is 0. The Morgan fingerprint density at radius 1 is 1.20 bits per heavy atom. The lowest BCUT2D eigenvalue weighted by molar-refractivity contribution is -0.696. The van der Waals surface area contributed by atoms with Gasteiger partial charge in [-0.2, -0.15) is 0 Å². The number of aryl methyl sites for hydroxylation is 2. The van der Waals surface area contributed by atoms with Gasteiger partial charge in [-0.25, -0.2) is 13.9 Å². The summed E-state index contributed by atoms with van der Waals surface area (Å²) < 4.78 is 9.52. The summed E-state index contributed by atoms with van der Waals surface area (Å²) in [4.78, 5) is 11.6. The summed E-state index contributed by atoms with van der Waals surface area (Å²) in [5, 5.41) is 3.84. The second kappa shape index (κ2) is 12.9. The maximum atomic E-state index is 11.6. The molecule has 0 aliphatic rings. The average molecular weight is 475 g/mol. The van der Waals surface area contributed by atoms with Crippen LogP contribution < -0.4 is 26.9 Å². The van der Waals surface area contributed by atoms with Crippen LogP contribution >= 0.6 is 15.9 Å². The van der Waals surface area contributed by atoms with Gasteiger partial charge in [-0.15, -0.1) is 0 Å². The van der Waals surface area contributed by atoms with Crippen LogP contribution in [0.4, 0.5) is 4.79 Å². The van der Waals surface area contributed by atoms with Crippen molar-refractivity contribution < 1.29 is 31.1 Å². The molecule has 1 amide bonds. The number of carbonyl (C=O) groups is 1. The largest absolute Gasteiger partial charge is 1.00 e. The Hall–Kier alpha value is -1.34. The molecule has 0 saturated carbocycles. The van der Waals surface area contributed by atoms with E-state index in [0.29, 0.717) is 13.2 Å². The monoisotopic (exact) mass is 473 g/mol. The number of rotatable bonds is 10. The molecule has 5 nitrogen and oxygen atoms in total. The molecule has 0 atom stereocenters. The molecule has 0 spiro atoms. The highest BCUT2D eigenvalue weighted by molar-refractivity contribution is 9.09. The molecule has 1 heterocycles. The number of nitrogens with one attached hydrogen (secondary N) is 1. The standard InChI is InChI=1S/C18H24BrN3O2.BrH/c19-9-4-5-11-21-13-14-22(16-21)12-6-10-20-18(23)24-15-17-7-2-1-3-8-17;/h1-3,7-8,13-14,16H,4-6,9-12,15H2;1H. The lowest BCUT2D eigenvalue weighted by Gasteiger charge is -2.06. The van der Waals surface area contributed by atoms with Crippen molar-refractivity contribution in [2.24, 2.45) is 0 Å². The molecule has 0 saturated heterocycles. The van der Waals surface area contributed by atoms with Gasteiger partial charge in [0.05, 0.1) is 13.1 Å². The number of amides is 1. The Morgan fingerprint density at radius 2 is 2.00 bits per heavy atom. The molecule has 2 rings (SSSR count). The number of imidazole rings is 1. The van der Waals surface area contributed by atoms with Gasteiger partial charge in [-0.3, -0.25) is 0 Å². The van der Waals surface area contributed by atoms with Crippen LogP contribution in [0.15, 0.2) is 49.1 Å². The molecule has 25 heavy (non-hydrogen) atoms. The van der Waals surface area contributed by atoms with Crippen LogP contribution in [0.1, 0.15) is 24.8 Å². The van der Waals surface area contributed by atoms with Crippen molar-refractivity contribution in [1.29, 1.82) is 0 Å². The number of benzene rings is 1. The van der Waals surface area contributed by atoms with E-state index in [1.54, 1.807) is 0 Å². The number of ether oxygens (including phenoxy) is 1. The zero-order chi connectivity index (χ0) is 17.0. The van der Waals surface area contributed by atoms with Crippen LogP contribution in [0, 0.1) is 0 Å². The normalized spacial score (nSPS) is 10.1. The van der Waals surface area contributed by atoms with E-state index >= 15 is 0 Å². The zero-order valence-electron chi connectivity index (χ0n) is 14.2. The van der Waals surface area contributed by atoms with Crippen molar-refractivity contribution in [2.45, 2.75) is 39.0 Å². The molecule has 2 aromatic rings. The van der Waals surface area contributed by atoms with E-state index in [1.165, 1.54) is 12.8 Å². The Kier molecular flexibility index (Phi) is 11.2. The number of alkyl halides is 1. The van der Waals surface area contributed by atoms with Gasteiger partial charge in [0.25, 0.3) is 0 Å². The summed E-state index contributed by atoms with van der Waals surface area (Å²) in [6.45, 7) is 2.83. The lowest BCUT2D eigenvalue weighted by Crippen LogP contribution is -3.00. The van der Waals surface area contributed by atoms with Crippen LogP contribution in [0.2, 0.25) is 0 Å². The third kappa shape index (κ3) is 9.07. The maximum Gasteiger partial charge on any atom is 0.407 e. The Bertz CT molecular complexity index is 605. The van der Waals surface area contributed by atoms with Gasteiger partial charge in [0, 0.05) is 18.3 Å². The van der Waals surface area contributed by atoms with Gasteiger partial charge in [-0.05, 0) is 18.4 Å². The van der Waals surface area contributed by atoms with Crippen molar-refractivity contribution in [3.63, 3.8) is 0 Å². The highest BCUT2D eigenvalue weighted by atomic mass is 79.9. The molecule has 0 fully saturated rings. The minimum Gasteiger partial charge on any atom is -1.00 e. The highest BCUT2D eigenvalue weighted by Gasteiger charge is 2.05. The van der Waals surface area contributed by atoms with E-state index in [2.05, 4.69) is 49.1 Å². The average Bonchev–Trinajstić information content (AvgIpc) is 3.06. The van der Waals surface area contributed by atoms with E-state index in [9.17, 15) is 4.79 Å². The van der Waals surface area contributed by atoms with Gasteiger partial charge in [0.2, 0.25) is 6.33 Å². The number of hydrogen-bond donors (Lipinski definition) is 1. The van der Waals surface area contributed by atoms with Crippen LogP contribution in [-0.2, 0) is 24.4 Å². The summed E-state index contributed by atoms with van der Waals surface area (Å²) >= 11 is 3.45. The van der Waals surface area contributed by atoms with E-state index in [1.807, 2.05) is 30.3 Å². The van der Waals surface area contributed by atoms with Crippen LogP contribution in [0.3, 0.4) is 0 Å². The topological polar surface area (TPSA) is 47.1 Å². The minimum atomic E-state index is -0.365. The molecule has 0 unspecified atom stereocenters. The highest BCUT2D eigenvalue weighted by Crippen LogP contribution is 2.00. The molecule has 1 N–H and O–H groups in total. The number of aromatic nitrogens is 2. The molecule has 1 aromatic heterocycles. The number of alkyl carbamates (subject to hydrolysis) is 1. The number of unbranched alkanes of at least 4 members (excludes halogenated alkanes) is 1. The van der Waals surface area contributed by atoms with Gasteiger partial charge < -0.3 is 27.0 Å². The zero-order valence-corrected chi connectivity index (χ0v) is 17.4. The predicted octanol–water partition coefficient (Wildman–Crippen LogP) is 0.271.